The Morgan fingerprint density at radius 2 is 1.60 bits per heavy atom. The van der Waals surface area contributed by atoms with E-state index in [1.54, 1.807) is 10.8 Å². The van der Waals surface area contributed by atoms with Crippen molar-refractivity contribution in [3.63, 3.8) is 0 Å². The third-order valence-corrected chi connectivity index (χ3v) is 4.82. The first kappa shape index (κ1) is 19.2. The first-order valence-electron chi connectivity index (χ1n) is 9.32. The molecule has 1 aliphatic heterocycles. The van der Waals surface area contributed by atoms with Gasteiger partial charge in [-0.2, -0.15) is 0 Å². The molecule has 138 valence electrons. The third-order valence-electron chi connectivity index (χ3n) is 4.82. The summed E-state index contributed by atoms with van der Waals surface area (Å²) in [5.74, 6) is 0. The van der Waals surface area contributed by atoms with Crippen molar-refractivity contribution in [2.75, 3.05) is 0 Å². The largest absolute Gasteiger partial charge is 0.347 e. The lowest BCUT2D eigenvalue weighted by molar-refractivity contribution is -0.104. The van der Waals surface area contributed by atoms with Crippen LogP contribution in [0.1, 0.15) is 70.4 Å². The lowest BCUT2D eigenvalue weighted by Gasteiger charge is -2.25. The summed E-state index contributed by atoms with van der Waals surface area (Å²) in [5.41, 5.74) is -0.647. The number of carbonyl (C=O) groups is 1. The highest BCUT2D eigenvalue weighted by Crippen LogP contribution is 2.24. The van der Waals surface area contributed by atoms with E-state index in [4.69, 9.17) is 0 Å². The zero-order valence-corrected chi connectivity index (χ0v) is 15.3. The van der Waals surface area contributed by atoms with Crippen LogP contribution in [0.4, 0.5) is 0 Å². The summed E-state index contributed by atoms with van der Waals surface area (Å²) in [5, 5.41) is 0. The van der Waals surface area contributed by atoms with E-state index in [1.165, 1.54) is 49.9 Å². The van der Waals surface area contributed by atoms with Crippen molar-refractivity contribution in [3.8, 4) is 0 Å². The van der Waals surface area contributed by atoms with Gasteiger partial charge >= 0.3 is 11.4 Å². The maximum atomic E-state index is 12.4. The van der Waals surface area contributed by atoms with Crippen molar-refractivity contribution in [1.29, 1.82) is 0 Å². The second-order valence-corrected chi connectivity index (χ2v) is 6.69. The molecule has 1 aliphatic rings. The second kappa shape index (κ2) is 9.39. The normalized spacial score (nSPS) is 19.4. The first-order valence-corrected chi connectivity index (χ1v) is 9.32. The van der Waals surface area contributed by atoms with Gasteiger partial charge in [0.1, 0.15) is 6.29 Å². The molecule has 0 bridgehead atoms. The number of aldehydes is 1. The molecule has 0 amide bonds. The number of fused-ring (bicyclic) bond motifs is 1. The summed E-state index contributed by atoms with van der Waals surface area (Å²) in [6.45, 7) is 2.21. The van der Waals surface area contributed by atoms with Crippen LogP contribution in [0.5, 0.6) is 0 Å². The Morgan fingerprint density at radius 3 is 2.28 bits per heavy atom. The topological polar surface area (TPSA) is 66.0 Å². The predicted molar refractivity (Wildman–Crippen MR) is 99.0 cm³/mol. The molecular weight excluding hydrogens is 318 g/mol. The average molecular weight is 347 g/mol. The fourth-order valence-corrected chi connectivity index (χ4v) is 3.39. The molecule has 6 nitrogen and oxygen atoms in total. The van der Waals surface area contributed by atoms with Gasteiger partial charge in [0.15, 0.2) is 0 Å². The van der Waals surface area contributed by atoms with E-state index >= 15 is 0 Å². The number of allylic oxidation sites excluding steroid dienone is 4. The van der Waals surface area contributed by atoms with E-state index in [1.807, 2.05) is 12.2 Å². The quantitative estimate of drug-likeness (QED) is 0.283. The van der Waals surface area contributed by atoms with Gasteiger partial charge in [0.2, 0.25) is 0 Å². The lowest BCUT2D eigenvalue weighted by Crippen LogP contribution is -2.34. The molecule has 0 aliphatic carbocycles. The van der Waals surface area contributed by atoms with Crippen LogP contribution < -0.4 is 11.4 Å². The molecule has 0 spiro atoms. The maximum Gasteiger partial charge on any atom is 0.347 e. The Morgan fingerprint density at radius 1 is 0.960 bits per heavy atom. The lowest BCUT2D eigenvalue weighted by atomic mass is 10.0. The minimum atomic E-state index is -0.392. The third kappa shape index (κ3) is 4.50. The zero-order chi connectivity index (χ0) is 18.2. The van der Waals surface area contributed by atoms with Crippen molar-refractivity contribution in [1.82, 2.24) is 13.9 Å². The molecule has 0 saturated heterocycles. The highest BCUT2D eigenvalue weighted by Gasteiger charge is 2.26. The number of aromatic nitrogens is 3. The molecule has 1 aromatic heterocycles. The van der Waals surface area contributed by atoms with Crippen LogP contribution in [-0.2, 0) is 11.8 Å². The van der Waals surface area contributed by atoms with E-state index in [2.05, 4.69) is 6.92 Å². The predicted octanol–water partition coefficient (Wildman–Crippen LogP) is 2.90. The number of rotatable bonds is 10. The Hall–Kier alpha value is -2.11. The van der Waals surface area contributed by atoms with Gasteiger partial charge in [0.25, 0.3) is 0 Å². The molecule has 2 rings (SSSR count). The highest BCUT2D eigenvalue weighted by molar-refractivity contribution is 5.64. The Labute approximate surface area is 148 Å². The van der Waals surface area contributed by atoms with E-state index < -0.39 is 6.04 Å². The van der Waals surface area contributed by atoms with Gasteiger partial charge < -0.3 is 0 Å². The second-order valence-electron chi connectivity index (χ2n) is 6.69. The summed E-state index contributed by atoms with van der Waals surface area (Å²) in [7, 11) is 1.49. The summed E-state index contributed by atoms with van der Waals surface area (Å²) in [6.07, 6.45) is 16.9. The number of hydrogen-bond donors (Lipinski definition) is 0. The number of hydrogen-bond acceptors (Lipinski definition) is 3. The van der Waals surface area contributed by atoms with Crippen molar-refractivity contribution >= 4 is 6.29 Å². The van der Waals surface area contributed by atoms with Crippen molar-refractivity contribution in [2.45, 2.75) is 70.4 Å². The van der Waals surface area contributed by atoms with Crippen LogP contribution in [0.3, 0.4) is 0 Å². The first-order chi connectivity index (χ1) is 12.1. The van der Waals surface area contributed by atoms with Crippen molar-refractivity contribution in [2.24, 2.45) is 7.05 Å². The molecule has 2 unspecified atom stereocenters. The van der Waals surface area contributed by atoms with E-state index in [-0.39, 0.29) is 17.4 Å². The molecule has 25 heavy (non-hydrogen) atoms. The van der Waals surface area contributed by atoms with Gasteiger partial charge in [-0.1, -0.05) is 70.1 Å². The van der Waals surface area contributed by atoms with Gasteiger partial charge in [-0.25, -0.2) is 23.5 Å². The summed E-state index contributed by atoms with van der Waals surface area (Å²) in [4.78, 5) is 35.4. The molecule has 0 fully saturated rings. The number of nitrogens with zero attached hydrogens (tertiary/aromatic N) is 3. The summed E-state index contributed by atoms with van der Waals surface area (Å²) >= 11 is 0. The summed E-state index contributed by atoms with van der Waals surface area (Å²) < 4.78 is 4.12. The van der Waals surface area contributed by atoms with E-state index in [0.29, 0.717) is 6.29 Å². The molecule has 0 N–H and O–H groups in total. The minimum Gasteiger partial charge on any atom is -0.299 e. The van der Waals surface area contributed by atoms with Crippen molar-refractivity contribution in [3.05, 3.63) is 45.3 Å². The number of carbonyl (C=O) groups excluding carboxylic acids is 1. The molecule has 0 radical (unpaired) electrons. The van der Waals surface area contributed by atoms with Crippen LogP contribution in [-0.4, -0.2) is 20.2 Å². The maximum absolute atomic E-state index is 12.4. The molecule has 2 atom stereocenters. The summed E-state index contributed by atoms with van der Waals surface area (Å²) in [6, 6.07) is -0.491. The molecule has 6 heteroatoms. The van der Waals surface area contributed by atoms with Gasteiger partial charge in [-0.05, 0) is 12.5 Å². The van der Waals surface area contributed by atoms with Crippen LogP contribution in [0.2, 0.25) is 0 Å². The van der Waals surface area contributed by atoms with E-state index in [9.17, 15) is 14.4 Å². The Kier molecular flexibility index (Phi) is 7.22. The van der Waals surface area contributed by atoms with E-state index in [0.717, 1.165) is 23.8 Å². The van der Waals surface area contributed by atoms with Crippen LogP contribution >= 0.6 is 0 Å². The monoisotopic (exact) mass is 347 g/mol. The number of unbranched alkanes of at least 4 members (excludes halogenated alkanes) is 6. The Balaban J connectivity index is 2.06. The van der Waals surface area contributed by atoms with Gasteiger partial charge in [0.05, 0.1) is 12.1 Å². The molecule has 0 aromatic carbocycles. The standard InChI is InChI=1S/C19H29N3O3/c1-3-4-5-6-7-8-9-11-16-13-14-17(12-10-15-23)22-19(25)20(2)18(24)21(16)22/h10,12-17H,3-9,11H2,1-2H3/b12-10+. The molecule has 0 saturated carbocycles. The Bertz CT molecular complexity index is 736. The smallest absolute Gasteiger partial charge is 0.299 e. The highest BCUT2D eigenvalue weighted by atomic mass is 16.2. The van der Waals surface area contributed by atoms with Gasteiger partial charge in [-0.3, -0.25) is 4.79 Å². The molecule has 1 aromatic rings. The van der Waals surface area contributed by atoms with Crippen LogP contribution in [0, 0.1) is 0 Å². The van der Waals surface area contributed by atoms with Crippen LogP contribution in [0.15, 0.2) is 33.9 Å². The zero-order valence-electron chi connectivity index (χ0n) is 15.3. The van der Waals surface area contributed by atoms with Gasteiger partial charge in [0, 0.05) is 7.05 Å². The van der Waals surface area contributed by atoms with Crippen molar-refractivity contribution < 1.29 is 4.79 Å². The average Bonchev–Trinajstić information content (AvgIpc) is 2.85. The fourth-order valence-electron chi connectivity index (χ4n) is 3.39. The van der Waals surface area contributed by atoms with Crippen LogP contribution in [0.25, 0.3) is 0 Å². The van der Waals surface area contributed by atoms with Gasteiger partial charge in [-0.15, -0.1) is 0 Å². The molecule has 2 heterocycles. The molecular formula is C19H29N3O3. The minimum absolute atomic E-state index is 0.0991. The fraction of sp³-hybridized carbons (Fsp3) is 0.632. The SMILES string of the molecule is CCCCCCCCCC1C=CC(/C=C/C=O)n2c(=O)n(C)c(=O)n21.